The van der Waals surface area contributed by atoms with Crippen molar-refractivity contribution >= 4 is 17.6 Å². The summed E-state index contributed by atoms with van der Waals surface area (Å²) in [5.74, 6) is -0.0694. The van der Waals surface area contributed by atoms with E-state index in [1.54, 1.807) is 0 Å². The van der Waals surface area contributed by atoms with E-state index in [1.807, 2.05) is 36.1 Å². The maximum atomic E-state index is 13.7. The van der Waals surface area contributed by atoms with Gasteiger partial charge in [-0.2, -0.15) is 0 Å². The number of hydrogen-bond donors (Lipinski definition) is 2. The second-order valence-electron chi connectivity index (χ2n) is 6.92. The average molecular weight is 400 g/mol. The molecule has 1 fully saturated rings. The van der Waals surface area contributed by atoms with Crippen molar-refractivity contribution in [2.45, 2.75) is 32.7 Å². The zero-order chi connectivity index (χ0) is 20.6. The van der Waals surface area contributed by atoms with Gasteiger partial charge in [0.2, 0.25) is 5.91 Å². The third kappa shape index (κ3) is 5.76. The molecule has 0 aromatic heterocycles. The molecule has 0 atom stereocenters. The standard InChI is InChI=1S/C22H26F2N4O/c1-2-25-22(26-12-11-17-14-18(23)7-10-20(17)24)27-15-16-5-8-19(9-6-16)28-13-3-4-21(28)29/h5-10,14H,2-4,11-13,15H2,1H3,(H2,25,26,27). The molecular formula is C22H26F2N4O. The predicted molar refractivity (Wildman–Crippen MR) is 111 cm³/mol. The molecule has 1 heterocycles. The normalized spacial score (nSPS) is 14.4. The van der Waals surface area contributed by atoms with Gasteiger partial charge < -0.3 is 15.5 Å². The first-order valence-electron chi connectivity index (χ1n) is 9.92. The predicted octanol–water partition coefficient (Wildman–Crippen LogP) is 3.39. The van der Waals surface area contributed by atoms with E-state index in [2.05, 4.69) is 15.6 Å². The lowest BCUT2D eigenvalue weighted by atomic mass is 10.1. The minimum Gasteiger partial charge on any atom is -0.357 e. The van der Waals surface area contributed by atoms with Crippen molar-refractivity contribution in [3.8, 4) is 0 Å². The second-order valence-corrected chi connectivity index (χ2v) is 6.92. The van der Waals surface area contributed by atoms with Crippen LogP contribution in [0.15, 0.2) is 47.5 Å². The first-order valence-corrected chi connectivity index (χ1v) is 9.92. The molecule has 0 spiro atoms. The quantitative estimate of drug-likeness (QED) is 0.553. The fraction of sp³-hybridized carbons (Fsp3) is 0.364. The smallest absolute Gasteiger partial charge is 0.227 e. The highest BCUT2D eigenvalue weighted by atomic mass is 19.1. The summed E-state index contributed by atoms with van der Waals surface area (Å²) >= 11 is 0. The highest BCUT2D eigenvalue weighted by molar-refractivity contribution is 5.95. The van der Waals surface area contributed by atoms with Crippen molar-refractivity contribution in [1.29, 1.82) is 0 Å². The summed E-state index contributed by atoms with van der Waals surface area (Å²) in [6.45, 7) is 4.33. The van der Waals surface area contributed by atoms with E-state index in [1.165, 1.54) is 6.07 Å². The summed E-state index contributed by atoms with van der Waals surface area (Å²) < 4.78 is 27.0. The van der Waals surface area contributed by atoms with Crippen molar-refractivity contribution in [2.24, 2.45) is 4.99 Å². The van der Waals surface area contributed by atoms with Gasteiger partial charge in [0.15, 0.2) is 5.96 Å². The van der Waals surface area contributed by atoms with Gasteiger partial charge in [0.05, 0.1) is 6.54 Å². The van der Waals surface area contributed by atoms with Crippen LogP contribution in [-0.2, 0) is 17.8 Å². The Kier molecular flexibility index (Phi) is 7.16. The molecule has 0 aliphatic carbocycles. The molecule has 1 saturated heterocycles. The van der Waals surface area contributed by atoms with Gasteiger partial charge in [-0.25, -0.2) is 13.8 Å². The van der Waals surface area contributed by atoms with Gasteiger partial charge in [0, 0.05) is 31.7 Å². The Balaban J connectivity index is 1.55. The maximum absolute atomic E-state index is 13.7. The molecule has 1 aliphatic rings. The van der Waals surface area contributed by atoms with Crippen molar-refractivity contribution in [1.82, 2.24) is 10.6 Å². The summed E-state index contributed by atoms with van der Waals surface area (Å²) in [4.78, 5) is 18.2. The molecular weight excluding hydrogens is 374 g/mol. The van der Waals surface area contributed by atoms with E-state index in [9.17, 15) is 13.6 Å². The summed E-state index contributed by atoms with van der Waals surface area (Å²) in [7, 11) is 0. The molecule has 1 aliphatic heterocycles. The minimum atomic E-state index is -0.443. The summed E-state index contributed by atoms with van der Waals surface area (Å²) in [5, 5.41) is 6.29. The van der Waals surface area contributed by atoms with Gasteiger partial charge in [-0.05, 0) is 61.2 Å². The van der Waals surface area contributed by atoms with Crippen LogP contribution in [0.3, 0.4) is 0 Å². The first-order chi connectivity index (χ1) is 14.1. The molecule has 0 unspecified atom stereocenters. The van der Waals surface area contributed by atoms with E-state index in [-0.39, 0.29) is 5.91 Å². The topological polar surface area (TPSA) is 56.7 Å². The number of nitrogens with zero attached hydrogens (tertiary/aromatic N) is 2. The van der Waals surface area contributed by atoms with Crippen molar-refractivity contribution in [3.63, 3.8) is 0 Å². The van der Waals surface area contributed by atoms with Crippen LogP contribution in [0, 0.1) is 11.6 Å². The molecule has 2 N–H and O–H groups in total. The monoisotopic (exact) mass is 400 g/mol. The van der Waals surface area contributed by atoms with E-state index in [0.29, 0.717) is 44.0 Å². The fourth-order valence-corrected chi connectivity index (χ4v) is 3.27. The number of guanidine groups is 1. The summed E-state index contributed by atoms with van der Waals surface area (Å²) in [6, 6.07) is 11.3. The molecule has 0 radical (unpaired) electrons. The molecule has 154 valence electrons. The number of anilines is 1. The Bertz CT molecular complexity index is 868. The van der Waals surface area contributed by atoms with Crippen LogP contribution in [0.25, 0.3) is 0 Å². The lowest BCUT2D eigenvalue weighted by Crippen LogP contribution is -2.38. The summed E-state index contributed by atoms with van der Waals surface area (Å²) in [5.41, 5.74) is 2.27. The largest absolute Gasteiger partial charge is 0.357 e. The Hall–Kier alpha value is -2.96. The number of hydrogen-bond acceptors (Lipinski definition) is 2. The maximum Gasteiger partial charge on any atom is 0.227 e. The zero-order valence-electron chi connectivity index (χ0n) is 16.5. The van der Waals surface area contributed by atoms with Gasteiger partial charge in [-0.3, -0.25) is 4.79 Å². The van der Waals surface area contributed by atoms with Crippen LogP contribution in [0.4, 0.5) is 14.5 Å². The van der Waals surface area contributed by atoms with Gasteiger partial charge in [0.25, 0.3) is 0 Å². The second kappa shape index (κ2) is 10.0. The Morgan fingerprint density at radius 1 is 1.14 bits per heavy atom. The van der Waals surface area contributed by atoms with E-state index >= 15 is 0 Å². The third-order valence-electron chi connectivity index (χ3n) is 4.78. The molecule has 2 aromatic carbocycles. The van der Waals surface area contributed by atoms with Gasteiger partial charge in [-0.15, -0.1) is 0 Å². The number of carbonyl (C=O) groups excluding carboxylic acids is 1. The van der Waals surface area contributed by atoms with Crippen molar-refractivity contribution in [2.75, 3.05) is 24.5 Å². The van der Waals surface area contributed by atoms with Crippen molar-refractivity contribution in [3.05, 3.63) is 65.2 Å². The van der Waals surface area contributed by atoms with Crippen LogP contribution in [-0.4, -0.2) is 31.5 Å². The summed E-state index contributed by atoms with van der Waals surface area (Å²) in [6.07, 6.45) is 1.87. The molecule has 0 saturated carbocycles. The van der Waals surface area contributed by atoms with Crippen LogP contribution in [0.2, 0.25) is 0 Å². The fourth-order valence-electron chi connectivity index (χ4n) is 3.27. The molecule has 3 rings (SSSR count). The van der Waals surface area contributed by atoms with E-state index < -0.39 is 11.6 Å². The lowest BCUT2D eigenvalue weighted by Gasteiger charge is -2.16. The lowest BCUT2D eigenvalue weighted by molar-refractivity contribution is -0.117. The number of rotatable bonds is 7. The minimum absolute atomic E-state index is 0.170. The number of halogens is 2. The number of carbonyl (C=O) groups is 1. The van der Waals surface area contributed by atoms with Gasteiger partial charge in [0.1, 0.15) is 11.6 Å². The van der Waals surface area contributed by atoms with Crippen LogP contribution in [0.1, 0.15) is 30.9 Å². The van der Waals surface area contributed by atoms with E-state index in [4.69, 9.17) is 0 Å². The van der Waals surface area contributed by atoms with Crippen LogP contribution >= 0.6 is 0 Å². The average Bonchev–Trinajstić information content (AvgIpc) is 3.15. The first kappa shape index (κ1) is 20.8. The molecule has 7 heteroatoms. The third-order valence-corrected chi connectivity index (χ3v) is 4.78. The zero-order valence-corrected chi connectivity index (χ0v) is 16.5. The van der Waals surface area contributed by atoms with Crippen molar-refractivity contribution < 1.29 is 13.6 Å². The van der Waals surface area contributed by atoms with Gasteiger partial charge in [-0.1, -0.05) is 12.1 Å². The number of amides is 1. The number of benzene rings is 2. The molecule has 2 aromatic rings. The SMILES string of the molecule is CCNC(=NCc1ccc(N2CCCC2=O)cc1)NCCc1cc(F)ccc1F. The number of nitrogens with one attached hydrogen (secondary N) is 2. The molecule has 1 amide bonds. The highest BCUT2D eigenvalue weighted by Gasteiger charge is 2.21. The van der Waals surface area contributed by atoms with E-state index in [0.717, 1.165) is 36.3 Å². The Morgan fingerprint density at radius 2 is 1.93 bits per heavy atom. The molecule has 29 heavy (non-hydrogen) atoms. The van der Waals surface area contributed by atoms with Gasteiger partial charge >= 0.3 is 0 Å². The Morgan fingerprint density at radius 3 is 2.62 bits per heavy atom. The molecule has 0 bridgehead atoms. The van der Waals surface area contributed by atoms with Crippen LogP contribution in [0.5, 0.6) is 0 Å². The Labute approximate surface area is 169 Å². The van der Waals surface area contributed by atoms with Crippen LogP contribution < -0.4 is 15.5 Å². The molecule has 5 nitrogen and oxygen atoms in total. The highest BCUT2D eigenvalue weighted by Crippen LogP contribution is 2.21. The number of aliphatic imine (C=N–C) groups is 1.